The molecule has 0 atom stereocenters. The largest absolute Gasteiger partial charge is 0.870 e. The van der Waals surface area contributed by atoms with E-state index in [-0.39, 0.29) is 5.48 Å². The molecule has 0 aromatic heterocycles. The second kappa shape index (κ2) is 31.4. The van der Waals surface area contributed by atoms with Gasteiger partial charge in [-0.2, -0.15) is 0 Å². The molecular formula is CH4N2O. The van der Waals surface area contributed by atoms with E-state index in [1.807, 2.05) is 0 Å². The van der Waals surface area contributed by atoms with E-state index in [4.69, 9.17) is 5.39 Å². The third-order valence-electron chi connectivity index (χ3n) is 0. The van der Waals surface area contributed by atoms with Crippen molar-refractivity contribution in [2.75, 3.05) is 7.05 Å². The molecule has 0 rings (SSSR count). The van der Waals surface area contributed by atoms with Gasteiger partial charge in [-0.05, 0) is 0 Å². The Morgan fingerprint density at radius 3 is 1.75 bits per heavy atom. The molecule has 0 heterocycles. The quantitative estimate of drug-likeness (QED) is 0.377. The minimum absolute atomic E-state index is 0. The van der Waals surface area contributed by atoms with Gasteiger partial charge in [0.25, 0.3) is 7.05 Å². The molecule has 0 fully saturated rings. The van der Waals surface area contributed by atoms with Crippen LogP contribution in [0.4, 0.5) is 0 Å². The van der Waals surface area contributed by atoms with Crippen molar-refractivity contribution in [2.45, 2.75) is 0 Å². The van der Waals surface area contributed by atoms with Gasteiger partial charge in [-0.3, -0.25) is 0 Å². The first-order valence-electron chi connectivity index (χ1n) is 0.647. The van der Waals surface area contributed by atoms with E-state index in [2.05, 4.69) is 4.98 Å². The van der Waals surface area contributed by atoms with Crippen LogP contribution in [0.15, 0.2) is 0 Å². The van der Waals surface area contributed by atoms with E-state index in [1.165, 1.54) is 7.05 Å². The van der Waals surface area contributed by atoms with Gasteiger partial charge in [0.1, 0.15) is 4.98 Å². The summed E-state index contributed by atoms with van der Waals surface area (Å²) in [6, 6.07) is 0. The van der Waals surface area contributed by atoms with Gasteiger partial charge < -0.3 is 5.48 Å². The molecule has 0 aromatic rings. The van der Waals surface area contributed by atoms with Crippen molar-refractivity contribution in [3.05, 3.63) is 4.98 Å². The monoisotopic (exact) mass is 60.0 g/mol. The maximum absolute atomic E-state index is 7.19. The van der Waals surface area contributed by atoms with Crippen LogP contribution in [0, 0.1) is 5.39 Å². The maximum atomic E-state index is 7.19. The Labute approximate surface area is 24.2 Å². The molecule has 0 amide bonds. The van der Waals surface area contributed by atoms with Crippen molar-refractivity contribution < 1.29 is 5.48 Å². The first-order chi connectivity index (χ1) is 1.41. The summed E-state index contributed by atoms with van der Waals surface area (Å²) in [5, 5.41) is 7.19. The second-order valence-electron chi connectivity index (χ2n) is 0.200. The normalized spacial score (nSPS) is 2.00. The van der Waals surface area contributed by atoms with Crippen LogP contribution in [0.3, 0.4) is 0 Å². The highest BCUT2D eigenvalue weighted by molar-refractivity contribution is 4.19. The van der Waals surface area contributed by atoms with Crippen molar-refractivity contribution in [1.29, 1.82) is 5.39 Å². The molecule has 0 aromatic carbocycles. The molecule has 0 aliphatic carbocycles. The predicted molar refractivity (Wildman–Crippen MR) is 12.9 cm³/mol. The average Bonchev–Trinajstić information content (AvgIpc) is 0.918. The molecule has 0 bridgehead atoms. The minimum atomic E-state index is 0. The van der Waals surface area contributed by atoms with Crippen LogP contribution in [0.5, 0.6) is 0 Å². The summed E-state index contributed by atoms with van der Waals surface area (Å²) in [6.45, 7) is 0. The van der Waals surface area contributed by atoms with E-state index in [0.717, 1.165) is 0 Å². The van der Waals surface area contributed by atoms with Crippen molar-refractivity contribution in [2.24, 2.45) is 0 Å². The van der Waals surface area contributed by atoms with Crippen LogP contribution < -0.4 is 0 Å². The Balaban J connectivity index is 0. The van der Waals surface area contributed by atoms with E-state index in [9.17, 15) is 0 Å². The topological polar surface area (TPSA) is 58.1 Å². The molecule has 0 unspecified atom stereocenters. The third kappa shape index (κ3) is 0.518. The standard InChI is InChI=1S/CH3N2.H2O/c1-3-2;/h1H3;1H2/q+1;/p-1. The zero-order chi connectivity index (χ0) is 2.71. The van der Waals surface area contributed by atoms with Gasteiger partial charge in [-0.25, -0.2) is 0 Å². The molecule has 4 heavy (non-hydrogen) atoms. The molecule has 0 spiro atoms. The van der Waals surface area contributed by atoms with Crippen LogP contribution >= 0.6 is 0 Å². The highest BCUT2D eigenvalue weighted by Crippen LogP contribution is 1.25. The molecular weight excluding hydrogens is 56.0 g/mol. The Kier molecular flexibility index (Phi) is 78.9. The van der Waals surface area contributed by atoms with Gasteiger partial charge >= 0.3 is 0 Å². The van der Waals surface area contributed by atoms with E-state index in [1.54, 1.807) is 0 Å². The molecule has 0 radical (unpaired) electrons. The molecule has 24 valence electrons. The van der Waals surface area contributed by atoms with Crippen LogP contribution in [0.25, 0.3) is 4.98 Å². The van der Waals surface area contributed by atoms with Crippen molar-refractivity contribution in [3.8, 4) is 0 Å². The van der Waals surface area contributed by atoms with E-state index < -0.39 is 0 Å². The number of rotatable bonds is 0. The maximum Gasteiger partial charge on any atom is 0.296 e. The first-order valence-corrected chi connectivity index (χ1v) is 0.647. The second-order valence-corrected chi connectivity index (χ2v) is 0.200. The smallest absolute Gasteiger partial charge is 0.296 e. The predicted octanol–water partition coefficient (Wildman–Crippen LogP) is 0.292. The highest BCUT2D eigenvalue weighted by Gasteiger charge is 1.35. The lowest BCUT2D eigenvalue weighted by Crippen LogP contribution is -1.11. The molecule has 0 aliphatic rings. The summed E-state index contributed by atoms with van der Waals surface area (Å²) in [7, 11) is 1.31. The van der Waals surface area contributed by atoms with E-state index >= 15 is 0 Å². The number of hydrogen-bond donors (Lipinski definition) is 0. The zero-order valence-corrected chi connectivity index (χ0v) is 2.34. The summed E-state index contributed by atoms with van der Waals surface area (Å²) < 4.78 is 0. The summed E-state index contributed by atoms with van der Waals surface area (Å²) >= 11 is 0. The molecule has 0 saturated heterocycles. The number of nitrogens with zero attached hydrogens (tertiary/aromatic N) is 2. The van der Waals surface area contributed by atoms with E-state index in [0.29, 0.717) is 0 Å². The summed E-state index contributed by atoms with van der Waals surface area (Å²) in [5.41, 5.74) is 0. The van der Waals surface area contributed by atoms with Gasteiger partial charge in [0.15, 0.2) is 0 Å². The Bertz CT molecular complexity index is 27.5. The Morgan fingerprint density at radius 2 is 1.75 bits per heavy atom. The van der Waals surface area contributed by atoms with Crippen molar-refractivity contribution >= 4 is 0 Å². The van der Waals surface area contributed by atoms with Crippen LogP contribution in [0.1, 0.15) is 0 Å². The summed E-state index contributed by atoms with van der Waals surface area (Å²) in [6.07, 6.45) is 0. The fourth-order valence-corrected chi connectivity index (χ4v) is 0. The van der Waals surface area contributed by atoms with Crippen molar-refractivity contribution in [3.63, 3.8) is 0 Å². The van der Waals surface area contributed by atoms with Gasteiger partial charge in [0, 0.05) is 0 Å². The molecule has 0 aliphatic heterocycles. The average molecular weight is 60.1 g/mol. The lowest BCUT2D eigenvalue weighted by atomic mass is 11.6. The molecule has 3 heteroatoms. The first kappa shape index (κ1) is 10.1. The third-order valence-corrected chi connectivity index (χ3v) is 0. The fourth-order valence-electron chi connectivity index (χ4n) is 0. The van der Waals surface area contributed by atoms with Gasteiger partial charge in [0.2, 0.25) is 5.39 Å². The van der Waals surface area contributed by atoms with Gasteiger partial charge in [-0.15, -0.1) is 0 Å². The van der Waals surface area contributed by atoms with Gasteiger partial charge in [-0.1, -0.05) is 0 Å². The summed E-state index contributed by atoms with van der Waals surface area (Å²) in [5.74, 6) is 0. The van der Waals surface area contributed by atoms with Crippen molar-refractivity contribution in [1.82, 2.24) is 0 Å². The minimum Gasteiger partial charge on any atom is -0.870 e. The Morgan fingerprint density at radius 1 is 1.75 bits per heavy atom. The SMILES string of the molecule is C[N+]#N.[OH-]. The lowest BCUT2D eigenvalue weighted by Gasteiger charge is -0.963. The highest BCUT2D eigenvalue weighted by atomic mass is 16.0. The van der Waals surface area contributed by atoms with Crippen LogP contribution in [-0.4, -0.2) is 12.5 Å². The zero-order valence-electron chi connectivity index (χ0n) is 2.34. The summed E-state index contributed by atoms with van der Waals surface area (Å²) in [4.78, 5) is 2.50. The number of diazo groups is 1. The Hall–Kier alpha value is -0.620. The molecule has 0 saturated carbocycles. The molecule has 3 nitrogen and oxygen atoms in total. The van der Waals surface area contributed by atoms with Crippen LogP contribution in [-0.2, 0) is 0 Å². The fraction of sp³-hybridized carbons (Fsp3) is 1.00. The van der Waals surface area contributed by atoms with Crippen LogP contribution in [0.2, 0.25) is 0 Å². The number of hydrogen-bond acceptors (Lipinski definition) is 2. The van der Waals surface area contributed by atoms with Gasteiger partial charge in [0.05, 0.1) is 0 Å². The lowest BCUT2D eigenvalue weighted by molar-refractivity contribution is 0.824. The molecule has 1 N–H and O–H groups in total.